The van der Waals surface area contributed by atoms with Gasteiger partial charge in [-0.25, -0.2) is 4.39 Å². The highest BCUT2D eigenvalue weighted by Gasteiger charge is 2.11. The van der Waals surface area contributed by atoms with Crippen molar-refractivity contribution in [2.45, 2.75) is 20.8 Å². The fourth-order valence-electron chi connectivity index (χ4n) is 2.31. The minimum Gasteiger partial charge on any atom is -0.507 e. The van der Waals surface area contributed by atoms with Gasteiger partial charge in [0.25, 0.3) is 0 Å². The second-order valence-electron chi connectivity index (χ2n) is 4.44. The molecule has 0 radical (unpaired) electrons. The van der Waals surface area contributed by atoms with Crippen LogP contribution in [0.3, 0.4) is 0 Å². The van der Waals surface area contributed by atoms with Gasteiger partial charge in [0.2, 0.25) is 0 Å². The Morgan fingerprint density at radius 1 is 0.941 bits per heavy atom. The second kappa shape index (κ2) is 4.21. The van der Waals surface area contributed by atoms with Crippen LogP contribution in [-0.2, 0) is 0 Å². The highest BCUT2D eigenvalue weighted by Crippen LogP contribution is 2.34. The van der Waals surface area contributed by atoms with Crippen LogP contribution in [-0.4, -0.2) is 5.11 Å². The third kappa shape index (κ3) is 2.16. The van der Waals surface area contributed by atoms with Gasteiger partial charge in [0.05, 0.1) is 0 Å². The lowest BCUT2D eigenvalue weighted by Crippen LogP contribution is -1.91. The first-order valence-corrected chi connectivity index (χ1v) is 5.56. The molecule has 0 saturated carbocycles. The van der Waals surface area contributed by atoms with Gasteiger partial charge in [0, 0.05) is 5.56 Å². The molecule has 0 amide bonds. The molecule has 1 N–H and O–H groups in total. The van der Waals surface area contributed by atoms with E-state index >= 15 is 0 Å². The molecule has 2 aromatic carbocycles. The van der Waals surface area contributed by atoms with Crippen LogP contribution in [0.1, 0.15) is 16.7 Å². The number of halogens is 1. The van der Waals surface area contributed by atoms with Crippen molar-refractivity contribution >= 4 is 0 Å². The fourth-order valence-corrected chi connectivity index (χ4v) is 2.31. The summed E-state index contributed by atoms with van der Waals surface area (Å²) in [6.45, 7) is 5.97. The number of phenols is 1. The fraction of sp³-hybridized carbons (Fsp3) is 0.200. The summed E-state index contributed by atoms with van der Waals surface area (Å²) in [7, 11) is 0. The van der Waals surface area contributed by atoms with Crippen molar-refractivity contribution in [1.29, 1.82) is 0 Å². The van der Waals surface area contributed by atoms with Crippen molar-refractivity contribution in [2.75, 3.05) is 0 Å². The van der Waals surface area contributed by atoms with Crippen LogP contribution < -0.4 is 0 Å². The van der Waals surface area contributed by atoms with Gasteiger partial charge in [-0.1, -0.05) is 17.7 Å². The van der Waals surface area contributed by atoms with E-state index < -0.39 is 0 Å². The van der Waals surface area contributed by atoms with E-state index in [-0.39, 0.29) is 11.6 Å². The zero-order valence-corrected chi connectivity index (χ0v) is 10.2. The predicted octanol–water partition coefficient (Wildman–Crippen LogP) is 4.12. The number of hydrogen-bond acceptors (Lipinski definition) is 1. The smallest absolute Gasteiger partial charge is 0.124 e. The molecule has 0 fully saturated rings. The molecule has 0 aromatic heterocycles. The number of phenolic OH excluding ortho intramolecular Hbond substituents is 1. The molecule has 2 rings (SSSR count). The first kappa shape index (κ1) is 11.6. The largest absolute Gasteiger partial charge is 0.507 e. The number of benzene rings is 2. The maximum absolute atomic E-state index is 13.3. The summed E-state index contributed by atoms with van der Waals surface area (Å²) in [4.78, 5) is 0. The zero-order valence-electron chi connectivity index (χ0n) is 10.2. The minimum absolute atomic E-state index is 0.112. The summed E-state index contributed by atoms with van der Waals surface area (Å²) in [5.74, 6) is -0.223. The molecule has 0 aliphatic heterocycles. The zero-order chi connectivity index (χ0) is 12.6. The minimum atomic E-state index is -0.336. The third-order valence-corrected chi connectivity index (χ3v) is 2.90. The number of hydrogen-bond donors (Lipinski definition) is 1. The predicted molar refractivity (Wildman–Crippen MR) is 67.7 cm³/mol. The molecule has 88 valence electrons. The molecule has 0 aliphatic rings. The van der Waals surface area contributed by atoms with E-state index in [1.165, 1.54) is 23.8 Å². The SMILES string of the molecule is Cc1cc(C)c(-c2cc(F)ccc2O)c(C)c1. The average Bonchev–Trinajstić information content (AvgIpc) is 2.21. The maximum Gasteiger partial charge on any atom is 0.124 e. The lowest BCUT2D eigenvalue weighted by molar-refractivity contribution is 0.475. The normalized spacial score (nSPS) is 10.6. The van der Waals surface area contributed by atoms with Gasteiger partial charge >= 0.3 is 0 Å². The first-order valence-electron chi connectivity index (χ1n) is 5.56. The van der Waals surface area contributed by atoms with Gasteiger partial charge in [-0.3, -0.25) is 0 Å². The first-order chi connectivity index (χ1) is 7.99. The van der Waals surface area contributed by atoms with Crippen molar-refractivity contribution in [3.05, 3.63) is 52.8 Å². The summed E-state index contributed by atoms with van der Waals surface area (Å²) in [6, 6.07) is 8.10. The molecule has 0 aliphatic carbocycles. The van der Waals surface area contributed by atoms with Crippen molar-refractivity contribution in [1.82, 2.24) is 0 Å². The van der Waals surface area contributed by atoms with E-state index in [1.807, 2.05) is 32.9 Å². The molecule has 0 heterocycles. The van der Waals surface area contributed by atoms with Crippen LogP contribution in [0.15, 0.2) is 30.3 Å². The van der Waals surface area contributed by atoms with Gasteiger partial charge in [-0.2, -0.15) is 0 Å². The van der Waals surface area contributed by atoms with Crippen LogP contribution >= 0.6 is 0 Å². The van der Waals surface area contributed by atoms with Crippen LogP contribution in [0, 0.1) is 26.6 Å². The van der Waals surface area contributed by atoms with Crippen molar-refractivity contribution in [3.8, 4) is 16.9 Å². The van der Waals surface area contributed by atoms with Gasteiger partial charge in [-0.15, -0.1) is 0 Å². The molecular formula is C15H15FO. The second-order valence-corrected chi connectivity index (χ2v) is 4.44. The van der Waals surface area contributed by atoms with E-state index in [2.05, 4.69) is 0 Å². The van der Waals surface area contributed by atoms with E-state index in [9.17, 15) is 9.50 Å². The van der Waals surface area contributed by atoms with Gasteiger partial charge in [0.15, 0.2) is 0 Å². The van der Waals surface area contributed by atoms with E-state index in [4.69, 9.17) is 0 Å². The lowest BCUT2D eigenvalue weighted by atomic mass is 9.93. The van der Waals surface area contributed by atoms with Gasteiger partial charge < -0.3 is 5.11 Å². The summed E-state index contributed by atoms with van der Waals surface area (Å²) in [6.07, 6.45) is 0. The standard InChI is InChI=1S/C15H15FO/c1-9-6-10(2)15(11(3)7-9)13-8-12(16)4-5-14(13)17/h4-8,17H,1-3H3. The molecule has 2 heteroatoms. The summed E-state index contributed by atoms with van der Waals surface area (Å²) in [5, 5.41) is 9.84. The van der Waals surface area contributed by atoms with Crippen LogP contribution in [0.4, 0.5) is 4.39 Å². The molecule has 0 saturated heterocycles. The molecule has 0 bridgehead atoms. The Kier molecular flexibility index (Phi) is 2.88. The lowest BCUT2D eigenvalue weighted by Gasteiger charge is -2.13. The Morgan fingerprint density at radius 2 is 1.53 bits per heavy atom. The Balaban J connectivity index is 2.72. The Hall–Kier alpha value is -1.83. The van der Waals surface area contributed by atoms with Crippen LogP contribution in [0.5, 0.6) is 5.75 Å². The molecule has 0 unspecified atom stereocenters. The van der Waals surface area contributed by atoms with E-state index in [0.29, 0.717) is 5.56 Å². The summed E-state index contributed by atoms with van der Waals surface area (Å²) >= 11 is 0. The number of aromatic hydroxyl groups is 1. The molecule has 1 nitrogen and oxygen atoms in total. The quantitative estimate of drug-likeness (QED) is 0.781. The Morgan fingerprint density at radius 3 is 2.12 bits per heavy atom. The van der Waals surface area contributed by atoms with Gasteiger partial charge in [0.1, 0.15) is 11.6 Å². The van der Waals surface area contributed by atoms with E-state index in [0.717, 1.165) is 16.7 Å². The Labute approximate surface area is 101 Å². The monoisotopic (exact) mass is 230 g/mol. The topological polar surface area (TPSA) is 20.2 Å². The van der Waals surface area contributed by atoms with Gasteiger partial charge in [-0.05, 0) is 55.7 Å². The molecule has 0 atom stereocenters. The van der Waals surface area contributed by atoms with Crippen LogP contribution in [0.2, 0.25) is 0 Å². The third-order valence-electron chi connectivity index (χ3n) is 2.90. The van der Waals surface area contributed by atoms with E-state index in [1.54, 1.807) is 0 Å². The summed E-state index contributed by atoms with van der Waals surface area (Å²) in [5.41, 5.74) is 4.72. The molecule has 17 heavy (non-hydrogen) atoms. The van der Waals surface area contributed by atoms with Crippen molar-refractivity contribution in [2.24, 2.45) is 0 Å². The number of rotatable bonds is 1. The van der Waals surface area contributed by atoms with Crippen molar-refractivity contribution in [3.63, 3.8) is 0 Å². The molecule has 0 spiro atoms. The number of aryl methyl sites for hydroxylation is 3. The highest BCUT2D eigenvalue weighted by atomic mass is 19.1. The maximum atomic E-state index is 13.3. The average molecular weight is 230 g/mol. The summed E-state index contributed by atoms with van der Waals surface area (Å²) < 4.78 is 13.3. The Bertz CT molecular complexity index is 550. The molecule has 2 aromatic rings. The van der Waals surface area contributed by atoms with Crippen molar-refractivity contribution < 1.29 is 9.50 Å². The highest BCUT2D eigenvalue weighted by molar-refractivity contribution is 5.76. The van der Waals surface area contributed by atoms with Crippen LogP contribution in [0.25, 0.3) is 11.1 Å². The molecular weight excluding hydrogens is 215 g/mol.